The summed E-state index contributed by atoms with van der Waals surface area (Å²) >= 11 is 0. The molecule has 0 unspecified atom stereocenters. The maximum atomic E-state index is 4.74. The van der Waals surface area contributed by atoms with Gasteiger partial charge in [-0.2, -0.15) is 0 Å². The number of nitrogens with zero attached hydrogens (tertiary/aromatic N) is 1. The Morgan fingerprint density at radius 2 is 1.67 bits per heavy atom. The van der Waals surface area contributed by atoms with Crippen molar-refractivity contribution >= 4 is 0 Å². The van der Waals surface area contributed by atoms with Gasteiger partial charge in [-0.3, -0.25) is 0 Å². The van der Waals surface area contributed by atoms with Gasteiger partial charge in [-0.15, -0.1) is 7.05 Å². The van der Waals surface area contributed by atoms with Gasteiger partial charge in [-0.1, -0.05) is 0 Å². The Morgan fingerprint density at radius 3 is 1.67 bits per heavy atom. The molecule has 0 aromatic heterocycles. The molecular formula is C3H5Li2N. The average Bonchev–Trinajstić information content (AvgIpc) is 1.37. The van der Waals surface area contributed by atoms with Gasteiger partial charge in [0, 0.05) is 0 Å². The predicted molar refractivity (Wildman–Crippen MR) is 18.2 cm³/mol. The van der Waals surface area contributed by atoms with E-state index < -0.39 is 0 Å². The van der Waals surface area contributed by atoms with Crippen molar-refractivity contribution in [2.45, 2.75) is 0 Å². The molecule has 0 bridgehead atoms. The van der Waals surface area contributed by atoms with E-state index in [0.717, 1.165) is 0 Å². The Kier molecular flexibility index (Phi) is 45.5. The van der Waals surface area contributed by atoms with Crippen LogP contribution in [-0.2, 0) is 0 Å². The Labute approximate surface area is 62.9 Å². The second kappa shape index (κ2) is 17.2. The van der Waals surface area contributed by atoms with E-state index >= 15 is 0 Å². The molecule has 1 nitrogen and oxygen atoms in total. The van der Waals surface area contributed by atoms with E-state index in [1.165, 1.54) is 6.20 Å². The topological polar surface area (TPSA) is 14.1 Å². The summed E-state index contributed by atoms with van der Waals surface area (Å²) < 4.78 is 0. The molecule has 6 heavy (non-hydrogen) atoms. The third-order valence-electron chi connectivity index (χ3n) is 0.149. The van der Waals surface area contributed by atoms with Crippen LogP contribution in [-0.4, -0.2) is 7.05 Å². The van der Waals surface area contributed by atoms with Gasteiger partial charge < -0.3 is 18.1 Å². The second-order valence-corrected chi connectivity index (χ2v) is 0.407. The molecule has 0 saturated heterocycles. The maximum absolute atomic E-state index is 4.74. The van der Waals surface area contributed by atoms with Gasteiger partial charge in [0.15, 0.2) is 0 Å². The summed E-state index contributed by atoms with van der Waals surface area (Å²) in [5, 5.41) is 3.39. The Hall–Kier alpha value is 0.735. The van der Waals surface area contributed by atoms with Gasteiger partial charge >= 0.3 is 37.7 Å². The summed E-state index contributed by atoms with van der Waals surface area (Å²) in [4.78, 5) is 0. The van der Waals surface area contributed by atoms with Crippen molar-refractivity contribution in [3.63, 3.8) is 0 Å². The van der Waals surface area contributed by atoms with E-state index in [0.29, 0.717) is 0 Å². The fraction of sp³-hybridized carbons (Fsp3) is 0.333. The Bertz CT molecular complexity index is 22.8. The molecule has 24 valence electrons. The van der Waals surface area contributed by atoms with Crippen LogP contribution in [0, 0.1) is 6.58 Å². The van der Waals surface area contributed by atoms with Gasteiger partial charge in [0.25, 0.3) is 0 Å². The summed E-state index contributed by atoms with van der Waals surface area (Å²) in [6.45, 7) is 4.74. The van der Waals surface area contributed by atoms with Gasteiger partial charge in [0.05, 0.1) is 0 Å². The molecule has 0 aromatic carbocycles. The van der Waals surface area contributed by atoms with Crippen molar-refractivity contribution in [2.75, 3.05) is 7.05 Å². The molecule has 0 radical (unpaired) electrons. The maximum Gasteiger partial charge on any atom is 1.00 e. The number of rotatable bonds is 1. The van der Waals surface area contributed by atoms with Gasteiger partial charge in [-0.25, -0.2) is 0 Å². The molecule has 0 atom stereocenters. The monoisotopic (exact) mass is 69.1 g/mol. The zero-order valence-corrected chi connectivity index (χ0v) is 4.60. The van der Waals surface area contributed by atoms with E-state index in [-0.39, 0.29) is 37.7 Å². The molecule has 0 aromatic rings. The van der Waals surface area contributed by atoms with E-state index in [2.05, 4.69) is 5.32 Å². The predicted octanol–water partition coefficient (Wildman–Crippen LogP) is -5.06. The van der Waals surface area contributed by atoms with Gasteiger partial charge in [-0.05, 0) is 0 Å². The summed E-state index contributed by atoms with van der Waals surface area (Å²) in [6.07, 6.45) is 1.25. The zero-order valence-electron chi connectivity index (χ0n) is 4.60. The molecular weight excluding hydrogens is 63.9 g/mol. The molecule has 0 fully saturated rings. The molecule has 0 amide bonds. The molecule has 0 aliphatic heterocycles. The second-order valence-electron chi connectivity index (χ2n) is 0.407. The van der Waals surface area contributed by atoms with Crippen LogP contribution in [0.1, 0.15) is 0 Å². The van der Waals surface area contributed by atoms with Gasteiger partial charge in [0.1, 0.15) is 0 Å². The summed E-state index contributed by atoms with van der Waals surface area (Å²) in [7, 11) is 1.62. The minimum absolute atomic E-state index is 0. The van der Waals surface area contributed by atoms with Crippen molar-refractivity contribution in [3.05, 3.63) is 18.1 Å². The van der Waals surface area contributed by atoms with Crippen molar-refractivity contribution in [2.24, 2.45) is 0 Å². The first-order valence-corrected chi connectivity index (χ1v) is 1.04. The van der Waals surface area contributed by atoms with Crippen LogP contribution < -0.4 is 37.7 Å². The first-order valence-electron chi connectivity index (χ1n) is 1.04. The minimum atomic E-state index is 0. The molecule has 3 heteroatoms. The van der Waals surface area contributed by atoms with Crippen LogP contribution in [0.3, 0.4) is 0 Å². The van der Waals surface area contributed by atoms with Crippen LogP contribution in [0.5, 0.6) is 0 Å². The molecule has 0 heterocycles. The van der Waals surface area contributed by atoms with Crippen LogP contribution in [0.25, 0.3) is 5.32 Å². The normalized spacial score (nSPS) is 3.50. The minimum Gasteiger partial charge on any atom is -0.723 e. The van der Waals surface area contributed by atoms with E-state index in [1.807, 2.05) is 0 Å². The molecule has 0 saturated carbocycles. The Morgan fingerprint density at radius 1 is 1.50 bits per heavy atom. The van der Waals surface area contributed by atoms with Crippen molar-refractivity contribution in [3.8, 4) is 0 Å². The summed E-state index contributed by atoms with van der Waals surface area (Å²) in [6, 6.07) is 0. The van der Waals surface area contributed by atoms with E-state index in [4.69, 9.17) is 6.58 Å². The van der Waals surface area contributed by atoms with Crippen molar-refractivity contribution in [1.82, 2.24) is 0 Å². The molecule has 0 rings (SSSR count). The summed E-state index contributed by atoms with van der Waals surface area (Å²) in [5.74, 6) is 0. The van der Waals surface area contributed by atoms with E-state index in [9.17, 15) is 0 Å². The smallest absolute Gasteiger partial charge is 0.723 e. The third kappa shape index (κ3) is 21.9. The summed E-state index contributed by atoms with van der Waals surface area (Å²) in [5.41, 5.74) is 0. The quantitative estimate of drug-likeness (QED) is 0.216. The van der Waals surface area contributed by atoms with Crippen LogP contribution in [0.2, 0.25) is 0 Å². The van der Waals surface area contributed by atoms with E-state index in [1.54, 1.807) is 7.05 Å². The van der Waals surface area contributed by atoms with Crippen molar-refractivity contribution < 1.29 is 37.7 Å². The third-order valence-corrected chi connectivity index (χ3v) is 0.149. The molecule has 0 N–H and O–H groups in total. The van der Waals surface area contributed by atoms with Crippen molar-refractivity contribution in [1.29, 1.82) is 0 Å². The zero-order chi connectivity index (χ0) is 3.41. The first-order chi connectivity index (χ1) is 1.91. The fourth-order valence-electron chi connectivity index (χ4n) is 0. The van der Waals surface area contributed by atoms with Gasteiger partial charge in [0.2, 0.25) is 0 Å². The standard InChI is InChI=1S/C3H5N.2Li/c1-3-4-2;;/h1,3H,2H3;;/q-2;2*+1. The Balaban J connectivity index is -0.0000000450. The van der Waals surface area contributed by atoms with Crippen LogP contribution in [0.15, 0.2) is 6.20 Å². The van der Waals surface area contributed by atoms with Crippen LogP contribution in [0.4, 0.5) is 0 Å². The number of hydrogen-bond donors (Lipinski definition) is 0. The first kappa shape index (κ1) is 15.9. The van der Waals surface area contributed by atoms with Crippen LogP contribution >= 0.6 is 0 Å². The molecule has 0 aliphatic carbocycles. The fourth-order valence-corrected chi connectivity index (χ4v) is 0. The number of hydrogen-bond acceptors (Lipinski definition) is 0. The largest absolute Gasteiger partial charge is 1.00 e. The SMILES string of the molecule is [CH-]=C[N-]C.[Li+].[Li+]. The molecule has 0 aliphatic rings. The molecule has 0 spiro atoms. The average molecular weight is 69.0 g/mol.